The van der Waals surface area contributed by atoms with Crippen LogP contribution < -0.4 is 5.32 Å². The second-order valence-electron chi connectivity index (χ2n) is 5.45. The van der Waals surface area contributed by atoms with Crippen molar-refractivity contribution in [2.45, 2.75) is 40.0 Å². The summed E-state index contributed by atoms with van der Waals surface area (Å²) in [7, 11) is 1.46. The van der Waals surface area contributed by atoms with Crippen LogP contribution in [0.1, 0.15) is 40.0 Å². The molecule has 0 amide bonds. The van der Waals surface area contributed by atoms with Crippen molar-refractivity contribution in [3.8, 4) is 0 Å². The zero-order valence-electron chi connectivity index (χ0n) is 13.3. The predicted octanol–water partition coefficient (Wildman–Crippen LogP) is 1.88. The zero-order valence-corrected chi connectivity index (χ0v) is 13.3. The van der Waals surface area contributed by atoms with Gasteiger partial charge in [-0.15, -0.1) is 0 Å². The number of carbonyl (C=O) groups is 1. The van der Waals surface area contributed by atoms with Gasteiger partial charge in [0.1, 0.15) is 0 Å². The average molecular weight is 283 g/mol. The third kappa shape index (κ3) is 4.69. The number of nitrogens with one attached hydrogen (secondary N) is 1. The molecule has 0 aromatic rings. The molecule has 1 saturated heterocycles. The normalized spacial score (nSPS) is 23.0. The Bertz CT molecular complexity index is 331. The molecule has 1 heterocycles. The molecule has 0 bridgehead atoms. The van der Waals surface area contributed by atoms with Gasteiger partial charge in [0.05, 0.1) is 13.0 Å². The van der Waals surface area contributed by atoms with Crippen molar-refractivity contribution in [3.63, 3.8) is 0 Å². The molecule has 1 rings (SSSR count). The lowest BCUT2D eigenvalue weighted by Crippen LogP contribution is -2.40. The van der Waals surface area contributed by atoms with Gasteiger partial charge >= 0.3 is 5.97 Å². The molecule has 5 nitrogen and oxygen atoms in total. The van der Waals surface area contributed by atoms with Gasteiger partial charge < -0.3 is 15.0 Å². The van der Waals surface area contributed by atoms with E-state index < -0.39 is 0 Å². The van der Waals surface area contributed by atoms with Crippen molar-refractivity contribution < 1.29 is 9.53 Å². The quantitative estimate of drug-likeness (QED) is 0.350. The van der Waals surface area contributed by atoms with Crippen LogP contribution in [0.25, 0.3) is 0 Å². The van der Waals surface area contributed by atoms with Crippen LogP contribution in [0.2, 0.25) is 0 Å². The maximum atomic E-state index is 11.7. The van der Waals surface area contributed by atoms with Crippen LogP contribution in [0.4, 0.5) is 0 Å². The summed E-state index contributed by atoms with van der Waals surface area (Å²) in [5, 5.41) is 3.32. The summed E-state index contributed by atoms with van der Waals surface area (Å²) in [6, 6.07) is 0. The number of ether oxygens (including phenoxy) is 1. The fourth-order valence-corrected chi connectivity index (χ4v) is 2.57. The minimum atomic E-state index is -0.109. The second-order valence-corrected chi connectivity index (χ2v) is 5.45. The molecule has 0 radical (unpaired) electrons. The highest BCUT2D eigenvalue weighted by atomic mass is 16.5. The van der Waals surface area contributed by atoms with E-state index in [0.717, 1.165) is 32.0 Å². The number of carbonyl (C=O) groups excluding carboxylic acids is 1. The number of esters is 1. The van der Waals surface area contributed by atoms with Gasteiger partial charge in [0.25, 0.3) is 0 Å². The molecule has 0 aromatic heterocycles. The first-order chi connectivity index (χ1) is 9.63. The van der Waals surface area contributed by atoms with Crippen LogP contribution in [-0.4, -0.2) is 50.1 Å². The van der Waals surface area contributed by atoms with E-state index in [2.05, 4.69) is 36.0 Å². The molecule has 1 fully saturated rings. The van der Waals surface area contributed by atoms with E-state index in [4.69, 9.17) is 4.74 Å². The van der Waals surface area contributed by atoms with E-state index in [1.807, 2.05) is 0 Å². The molecular formula is C15H29N3O2. The van der Waals surface area contributed by atoms with Gasteiger partial charge in [0.2, 0.25) is 0 Å². The fourth-order valence-electron chi connectivity index (χ4n) is 2.57. The van der Waals surface area contributed by atoms with Gasteiger partial charge in [-0.25, -0.2) is 0 Å². The highest BCUT2D eigenvalue weighted by Crippen LogP contribution is 2.24. The van der Waals surface area contributed by atoms with Crippen LogP contribution in [0.15, 0.2) is 4.99 Å². The summed E-state index contributed by atoms with van der Waals surface area (Å²) in [6.45, 7) is 9.62. The van der Waals surface area contributed by atoms with E-state index >= 15 is 0 Å². The van der Waals surface area contributed by atoms with Crippen molar-refractivity contribution >= 4 is 11.9 Å². The first-order valence-corrected chi connectivity index (χ1v) is 7.75. The standard InChI is InChI=1S/C15H29N3O2/c1-5-7-8-9-17-15(16-6-2)18-10-12(3)13(11-18)14(19)20-4/h12-13H,5-11H2,1-4H3,(H,16,17). The monoisotopic (exact) mass is 283 g/mol. The van der Waals surface area contributed by atoms with Crippen LogP contribution in [0.5, 0.6) is 0 Å². The van der Waals surface area contributed by atoms with Gasteiger partial charge in [0, 0.05) is 26.2 Å². The minimum absolute atomic E-state index is 0.0421. The van der Waals surface area contributed by atoms with Crippen molar-refractivity contribution in [2.24, 2.45) is 16.8 Å². The molecule has 1 N–H and O–H groups in total. The number of hydrogen-bond acceptors (Lipinski definition) is 3. The maximum absolute atomic E-state index is 11.7. The number of hydrogen-bond donors (Lipinski definition) is 1. The van der Waals surface area contributed by atoms with Crippen molar-refractivity contribution in [3.05, 3.63) is 0 Å². The number of guanidine groups is 1. The molecule has 0 saturated carbocycles. The van der Waals surface area contributed by atoms with Crippen molar-refractivity contribution in [1.82, 2.24) is 10.2 Å². The molecule has 0 spiro atoms. The smallest absolute Gasteiger partial charge is 0.310 e. The zero-order chi connectivity index (χ0) is 15.0. The highest BCUT2D eigenvalue weighted by molar-refractivity contribution is 5.82. The summed E-state index contributed by atoms with van der Waals surface area (Å²) in [5.41, 5.74) is 0. The van der Waals surface area contributed by atoms with Crippen LogP contribution >= 0.6 is 0 Å². The molecule has 116 valence electrons. The van der Waals surface area contributed by atoms with Crippen LogP contribution in [0, 0.1) is 11.8 Å². The molecule has 0 aromatic carbocycles. The lowest BCUT2D eigenvalue weighted by atomic mass is 9.99. The number of nitrogens with zero attached hydrogens (tertiary/aromatic N) is 2. The van der Waals surface area contributed by atoms with E-state index in [1.165, 1.54) is 20.0 Å². The van der Waals surface area contributed by atoms with Crippen molar-refractivity contribution in [1.29, 1.82) is 0 Å². The van der Waals surface area contributed by atoms with Gasteiger partial charge in [-0.05, 0) is 19.3 Å². The molecule has 0 aliphatic carbocycles. The Labute approximate surface area is 122 Å². The van der Waals surface area contributed by atoms with Crippen LogP contribution in [0.3, 0.4) is 0 Å². The molecule has 1 aliphatic heterocycles. The van der Waals surface area contributed by atoms with E-state index in [0.29, 0.717) is 12.5 Å². The van der Waals surface area contributed by atoms with E-state index in [9.17, 15) is 4.79 Å². The van der Waals surface area contributed by atoms with Gasteiger partial charge in [0.15, 0.2) is 5.96 Å². The average Bonchev–Trinajstić information content (AvgIpc) is 2.83. The maximum Gasteiger partial charge on any atom is 0.310 e. The third-order valence-corrected chi connectivity index (χ3v) is 3.77. The van der Waals surface area contributed by atoms with E-state index in [-0.39, 0.29) is 11.9 Å². The van der Waals surface area contributed by atoms with Gasteiger partial charge in [-0.3, -0.25) is 9.79 Å². The van der Waals surface area contributed by atoms with Crippen molar-refractivity contribution in [2.75, 3.05) is 33.3 Å². The summed E-state index contributed by atoms with van der Waals surface area (Å²) in [6.07, 6.45) is 3.54. The summed E-state index contributed by atoms with van der Waals surface area (Å²) in [5.74, 6) is 1.09. The van der Waals surface area contributed by atoms with Gasteiger partial charge in [-0.2, -0.15) is 0 Å². The first-order valence-electron chi connectivity index (χ1n) is 7.75. The summed E-state index contributed by atoms with van der Waals surface area (Å²) < 4.78 is 4.88. The number of aliphatic imine (C=N–C) groups is 1. The van der Waals surface area contributed by atoms with Crippen LogP contribution in [-0.2, 0) is 9.53 Å². The Hall–Kier alpha value is -1.26. The highest BCUT2D eigenvalue weighted by Gasteiger charge is 2.36. The Kier molecular flexibility index (Phi) is 7.41. The third-order valence-electron chi connectivity index (χ3n) is 3.77. The number of unbranched alkanes of at least 4 members (excludes halogenated alkanes) is 2. The summed E-state index contributed by atoms with van der Waals surface area (Å²) in [4.78, 5) is 18.6. The molecule has 2 atom stereocenters. The predicted molar refractivity (Wildman–Crippen MR) is 81.7 cm³/mol. The molecule has 1 aliphatic rings. The Morgan fingerprint density at radius 3 is 2.70 bits per heavy atom. The topological polar surface area (TPSA) is 53.9 Å². The Morgan fingerprint density at radius 1 is 1.35 bits per heavy atom. The number of methoxy groups -OCH3 is 1. The molecule has 20 heavy (non-hydrogen) atoms. The molecule has 5 heteroatoms. The summed E-state index contributed by atoms with van der Waals surface area (Å²) >= 11 is 0. The number of rotatable bonds is 6. The second kappa shape index (κ2) is 8.82. The number of likely N-dealkylation sites (tertiary alicyclic amines) is 1. The molecule has 2 unspecified atom stereocenters. The molecular weight excluding hydrogens is 254 g/mol. The SMILES string of the molecule is CCCCCN=C(NCC)N1CC(C)C(C(=O)OC)C1. The Balaban J connectivity index is 2.61. The minimum Gasteiger partial charge on any atom is -0.469 e. The lowest BCUT2D eigenvalue weighted by molar-refractivity contribution is -0.145. The lowest BCUT2D eigenvalue weighted by Gasteiger charge is -2.21. The van der Waals surface area contributed by atoms with Gasteiger partial charge in [-0.1, -0.05) is 26.7 Å². The largest absolute Gasteiger partial charge is 0.469 e. The first kappa shape index (κ1) is 16.8. The Morgan fingerprint density at radius 2 is 2.10 bits per heavy atom. The fraction of sp³-hybridized carbons (Fsp3) is 0.867. The van der Waals surface area contributed by atoms with E-state index in [1.54, 1.807) is 0 Å².